The van der Waals surface area contributed by atoms with Crippen molar-refractivity contribution in [1.82, 2.24) is 4.90 Å². The van der Waals surface area contributed by atoms with Crippen LogP contribution in [0.3, 0.4) is 0 Å². The summed E-state index contributed by atoms with van der Waals surface area (Å²) in [4.78, 5) is 14.5. The van der Waals surface area contributed by atoms with Gasteiger partial charge in [0.1, 0.15) is 11.5 Å². The maximum absolute atomic E-state index is 12.8. The number of rotatable bonds is 6. The maximum atomic E-state index is 12.8. The second kappa shape index (κ2) is 7.91. The van der Waals surface area contributed by atoms with Gasteiger partial charge in [-0.25, -0.2) is 0 Å². The highest BCUT2D eigenvalue weighted by Gasteiger charge is 2.16. The second-order valence-corrected chi connectivity index (χ2v) is 6.14. The summed E-state index contributed by atoms with van der Waals surface area (Å²) in [5, 5.41) is 2.24. The molecular formula is C22H23NO3. The smallest absolute Gasteiger partial charge is 0.257 e. The molecule has 0 spiro atoms. The van der Waals surface area contributed by atoms with Crippen LogP contribution in [0.2, 0.25) is 0 Å². The van der Waals surface area contributed by atoms with E-state index in [9.17, 15) is 4.79 Å². The number of fused-ring (bicyclic) bond motifs is 1. The zero-order valence-corrected chi connectivity index (χ0v) is 15.4. The Labute approximate surface area is 154 Å². The lowest BCUT2D eigenvalue weighted by molar-refractivity contribution is 0.0781. The lowest BCUT2D eigenvalue weighted by Gasteiger charge is -2.19. The molecular weight excluding hydrogens is 326 g/mol. The molecule has 0 saturated carbocycles. The Hall–Kier alpha value is -3.01. The third-order valence-electron chi connectivity index (χ3n) is 4.30. The van der Waals surface area contributed by atoms with Crippen molar-refractivity contribution in [1.29, 1.82) is 0 Å². The van der Waals surface area contributed by atoms with Crippen LogP contribution < -0.4 is 9.47 Å². The number of methoxy groups -OCH3 is 1. The highest BCUT2D eigenvalue weighted by atomic mass is 16.5. The molecule has 3 aromatic carbocycles. The monoisotopic (exact) mass is 349 g/mol. The Balaban J connectivity index is 1.80. The number of carbonyl (C=O) groups is 1. The van der Waals surface area contributed by atoms with Crippen molar-refractivity contribution < 1.29 is 14.3 Å². The zero-order chi connectivity index (χ0) is 18.5. The largest absolute Gasteiger partial charge is 0.497 e. The van der Waals surface area contributed by atoms with E-state index in [0.29, 0.717) is 24.5 Å². The zero-order valence-electron chi connectivity index (χ0n) is 15.4. The Morgan fingerprint density at radius 2 is 1.73 bits per heavy atom. The van der Waals surface area contributed by atoms with E-state index < -0.39 is 0 Å². The van der Waals surface area contributed by atoms with Crippen molar-refractivity contribution in [2.75, 3.05) is 20.8 Å². The van der Waals surface area contributed by atoms with E-state index >= 15 is 0 Å². The molecule has 1 amide bonds. The molecule has 0 unspecified atom stereocenters. The van der Waals surface area contributed by atoms with Crippen LogP contribution in [-0.4, -0.2) is 31.6 Å². The van der Waals surface area contributed by atoms with Crippen LogP contribution in [0.5, 0.6) is 11.5 Å². The van der Waals surface area contributed by atoms with Gasteiger partial charge in [0.15, 0.2) is 0 Å². The van der Waals surface area contributed by atoms with Gasteiger partial charge in [0.25, 0.3) is 5.91 Å². The first kappa shape index (κ1) is 17.8. The maximum Gasteiger partial charge on any atom is 0.257 e. The van der Waals surface area contributed by atoms with Gasteiger partial charge in [-0.1, -0.05) is 30.3 Å². The third-order valence-corrected chi connectivity index (χ3v) is 4.30. The summed E-state index contributed by atoms with van der Waals surface area (Å²) in [7, 11) is 3.47. The second-order valence-electron chi connectivity index (χ2n) is 6.14. The van der Waals surface area contributed by atoms with Gasteiger partial charge in [-0.15, -0.1) is 0 Å². The molecule has 0 radical (unpaired) electrons. The molecule has 0 bridgehead atoms. The van der Waals surface area contributed by atoms with Gasteiger partial charge in [-0.2, -0.15) is 0 Å². The number of nitrogens with zero attached hydrogens (tertiary/aromatic N) is 1. The van der Waals surface area contributed by atoms with E-state index in [2.05, 4.69) is 12.1 Å². The molecule has 0 aromatic heterocycles. The molecule has 0 saturated heterocycles. The fourth-order valence-corrected chi connectivity index (χ4v) is 2.97. The average molecular weight is 349 g/mol. The van der Waals surface area contributed by atoms with E-state index in [4.69, 9.17) is 9.47 Å². The predicted octanol–water partition coefficient (Wildman–Crippen LogP) is 4.52. The van der Waals surface area contributed by atoms with Crippen LogP contribution in [0.1, 0.15) is 22.8 Å². The first-order chi connectivity index (χ1) is 12.6. The van der Waals surface area contributed by atoms with Crippen molar-refractivity contribution in [3.05, 3.63) is 71.8 Å². The van der Waals surface area contributed by atoms with Gasteiger partial charge in [-0.05, 0) is 53.6 Å². The molecule has 0 aliphatic heterocycles. The van der Waals surface area contributed by atoms with E-state index in [1.165, 1.54) is 0 Å². The summed E-state index contributed by atoms with van der Waals surface area (Å²) < 4.78 is 10.8. The molecule has 4 nitrogen and oxygen atoms in total. The molecule has 0 aliphatic rings. The molecule has 0 N–H and O–H groups in total. The summed E-state index contributed by atoms with van der Waals surface area (Å²) in [6.07, 6.45) is 0. The molecule has 134 valence electrons. The minimum absolute atomic E-state index is 0.0520. The molecule has 3 rings (SSSR count). The van der Waals surface area contributed by atoms with E-state index in [-0.39, 0.29) is 5.91 Å². The van der Waals surface area contributed by atoms with Crippen molar-refractivity contribution in [3.63, 3.8) is 0 Å². The minimum atomic E-state index is -0.0520. The number of carbonyl (C=O) groups excluding carboxylic acids is 1. The van der Waals surface area contributed by atoms with Crippen molar-refractivity contribution in [2.24, 2.45) is 0 Å². The Morgan fingerprint density at radius 3 is 2.50 bits per heavy atom. The first-order valence-corrected chi connectivity index (χ1v) is 8.66. The van der Waals surface area contributed by atoms with Gasteiger partial charge in [0.05, 0.1) is 19.3 Å². The quantitative estimate of drug-likeness (QED) is 0.657. The normalized spacial score (nSPS) is 10.6. The standard InChI is InChI=1S/C22H23NO3/c1-4-26-21-8-6-5-7-20(21)22(24)23(2)15-16-9-10-18-14-19(25-3)12-11-17(18)13-16/h5-14H,4,15H2,1-3H3. The van der Waals surface area contributed by atoms with Crippen LogP contribution in [0, 0.1) is 0 Å². The van der Waals surface area contributed by atoms with Crippen molar-refractivity contribution in [3.8, 4) is 11.5 Å². The third kappa shape index (κ3) is 3.80. The first-order valence-electron chi connectivity index (χ1n) is 8.66. The lowest BCUT2D eigenvalue weighted by atomic mass is 10.1. The number of amides is 1. The van der Waals surface area contributed by atoms with Crippen LogP contribution in [0.4, 0.5) is 0 Å². The summed E-state index contributed by atoms with van der Waals surface area (Å²) in [6, 6.07) is 19.5. The Bertz CT molecular complexity index is 920. The predicted molar refractivity (Wildman–Crippen MR) is 104 cm³/mol. The van der Waals surface area contributed by atoms with Crippen LogP contribution in [0.25, 0.3) is 10.8 Å². The molecule has 4 heteroatoms. The highest BCUT2D eigenvalue weighted by molar-refractivity contribution is 5.96. The van der Waals surface area contributed by atoms with Crippen molar-refractivity contribution >= 4 is 16.7 Å². The van der Waals surface area contributed by atoms with Crippen LogP contribution >= 0.6 is 0 Å². The summed E-state index contributed by atoms with van der Waals surface area (Å²) in [6.45, 7) is 2.97. The summed E-state index contributed by atoms with van der Waals surface area (Å²) in [5.74, 6) is 1.41. The molecule has 0 heterocycles. The van der Waals surface area contributed by atoms with E-state index in [0.717, 1.165) is 22.1 Å². The number of para-hydroxylation sites is 1. The number of benzene rings is 3. The average Bonchev–Trinajstić information content (AvgIpc) is 2.67. The molecule has 3 aromatic rings. The lowest BCUT2D eigenvalue weighted by Crippen LogP contribution is -2.26. The fourth-order valence-electron chi connectivity index (χ4n) is 2.97. The van der Waals surface area contributed by atoms with Crippen LogP contribution in [0.15, 0.2) is 60.7 Å². The van der Waals surface area contributed by atoms with Gasteiger partial charge < -0.3 is 14.4 Å². The molecule has 26 heavy (non-hydrogen) atoms. The Kier molecular flexibility index (Phi) is 5.42. The molecule has 0 fully saturated rings. The van der Waals surface area contributed by atoms with Gasteiger partial charge in [0, 0.05) is 13.6 Å². The summed E-state index contributed by atoms with van der Waals surface area (Å²) in [5.41, 5.74) is 1.66. The van der Waals surface area contributed by atoms with Gasteiger partial charge >= 0.3 is 0 Å². The molecule has 0 atom stereocenters. The Morgan fingerprint density at radius 1 is 1.00 bits per heavy atom. The van der Waals surface area contributed by atoms with Crippen LogP contribution in [-0.2, 0) is 6.54 Å². The topological polar surface area (TPSA) is 38.8 Å². The van der Waals surface area contributed by atoms with E-state index in [1.807, 2.05) is 56.4 Å². The SMILES string of the molecule is CCOc1ccccc1C(=O)N(C)Cc1ccc2cc(OC)ccc2c1. The van der Waals surface area contributed by atoms with E-state index in [1.54, 1.807) is 18.1 Å². The minimum Gasteiger partial charge on any atom is -0.497 e. The summed E-state index contributed by atoms with van der Waals surface area (Å²) >= 11 is 0. The number of hydrogen-bond donors (Lipinski definition) is 0. The van der Waals surface area contributed by atoms with Crippen molar-refractivity contribution in [2.45, 2.75) is 13.5 Å². The van der Waals surface area contributed by atoms with Gasteiger partial charge in [-0.3, -0.25) is 4.79 Å². The highest BCUT2D eigenvalue weighted by Crippen LogP contribution is 2.24. The fraction of sp³-hybridized carbons (Fsp3) is 0.227. The van der Waals surface area contributed by atoms with Gasteiger partial charge in [0.2, 0.25) is 0 Å². The number of hydrogen-bond acceptors (Lipinski definition) is 3. The number of ether oxygens (including phenoxy) is 2. The molecule has 0 aliphatic carbocycles.